The highest BCUT2D eigenvalue weighted by Gasteiger charge is 2.24. The molecular weight excluding hydrogens is 532 g/mol. The number of anilines is 2. The van der Waals surface area contributed by atoms with Gasteiger partial charge in [-0.15, -0.1) is 0 Å². The summed E-state index contributed by atoms with van der Waals surface area (Å²) in [5, 5.41) is 2.85. The van der Waals surface area contributed by atoms with E-state index in [9.17, 15) is 18.0 Å². The van der Waals surface area contributed by atoms with Gasteiger partial charge in [0.2, 0.25) is 5.91 Å². The van der Waals surface area contributed by atoms with Gasteiger partial charge in [-0.3, -0.25) is 14.3 Å². The third-order valence-corrected chi connectivity index (χ3v) is 8.43. The van der Waals surface area contributed by atoms with Crippen LogP contribution in [0.25, 0.3) is 0 Å². The Hall–Kier alpha value is -2.38. The molecule has 1 amide bonds. The van der Waals surface area contributed by atoms with Crippen molar-refractivity contribution in [2.75, 3.05) is 10.0 Å². The molecule has 0 aliphatic carbocycles. The average molecular weight is 577 g/mol. The largest absolute Gasteiger partial charge is 0.324 e. The Bertz CT molecular complexity index is 1170. The molecule has 0 heterocycles. The van der Waals surface area contributed by atoms with Crippen LogP contribution < -0.4 is 10.0 Å². The lowest BCUT2D eigenvalue weighted by molar-refractivity contribution is -0.130. The van der Waals surface area contributed by atoms with Crippen molar-refractivity contribution in [3.8, 4) is 0 Å². The summed E-state index contributed by atoms with van der Waals surface area (Å²) in [6.07, 6.45) is 13.5. The second-order valence-corrected chi connectivity index (χ2v) is 13.4. The van der Waals surface area contributed by atoms with Crippen molar-refractivity contribution < 1.29 is 18.0 Å². The second kappa shape index (κ2) is 16.0. The molecule has 0 spiro atoms. The van der Waals surface area contributed by atoms with Gasteiger partial charge in [0.05, 0.1) is 27.7 Å². The maximum absolute atomic E-state index is 13.0. The first-order valence-electron chi connectivity index (χ1n) is 14.2. The molecule has 0 atom stereocenters. The van der Waals surface area contributed by atoms with Crippen LogP contribution in [0.15, 0.2) is 47.4 Å². The summed E-state index contributed by atoms with van der Waals surface area (Å²) in [6, 6.07) is 11.4. The van der Waals surface area contributed by atoms with Crippen LogP contribution in [0.3, 0.4) is 0 Å². The van der Waals surface area contributed by atoms with E-state index in [0.717, 1.165) is 18.4 Å². The number of benzene rings is 2. The number of nitrogens with one attached hydrogen (secondary N) is 2. The molecule has 0 radical (unpaired) electrons. The van der Waals surface area contributed by atoms with E-state index in [1.54, 1.807) is 32.9 Å². The molecule has 39 heavy (non-hydrogen) atoms. The first-order valence-corrected chi connectivity index (χ1v) is 16.0. The van der Waals surface area contributed by atoms with Gasteiger partial charge in [0.15, 0.2) is 0 Å². The number of halogens is 1. The Labute approximate surface area is 240 Å². The Morgan fingerprint density at radius 3 is 1.95 bits per heavy atom. The van der Waals surface area contributed by atoms with E-state index in [1.165, 1.54) is 76.0 Å². The zero-order valence-electron chi connectivity index (χ0n) is 23.9. The maximum Gasteiger partial charge on any atom is 0.261 e. The number of aryl methyl sites for hydroxylation is 1. The number of hydrogen-bond donors (Lipinski definition) is 2. The zero-order valence-corrected chi connectivity index (χ0v) is 25.5. The van der Waals surface area contributed by atoms with E-state index >= 15 is 0 Å². The van der Waals surface area contributed by atoms with Crippen LogP contribution in [0.1, 0.15) is 104 Å². The van der Waals surface area contributed by atoms with Crippen LogP contribution in [0, 0.1) is 5.41 Å². The van der Waals surface area contributed by atoms with Gasteiger partial charge < -0.3 is 5.32 Å². The van der Waals surface area contributed by atoms with Crippen LogP contribution in [0.2, 0.25) is 5.02 Å². The summed E-state index contributed by atoms with van der Waals surface area (Å²) >= 11 is 6.20. The van der Waals surface area contributed by atoms with E-state index in [-0.39, 0.29) is 33.5 Å². The number of ketones is 1. The normalized spacial score (nSPS) is 11.8. The summed E-state index contributed by atoms with van der Waals surface area (Å²) in [5.74, 6) is -0.709. The number of unbranched alkanes of at least 4 members (excludes halogenated alkanes) is 9. The van der Waals surface area contributed by atoms with E-state index < -0.39 is 21.3 Å². The summed E-state index contributed by atoms with van der Waals surface area (Å²) in [7, 11) is -3.83. The molecule has 2 aromatic carbocycles. The number of carbonyl (C=O) groups excluding carboxylic acids is 2. The molecule has 0 aromatic heterocycles. The quantitative estimate of drug-likeness (QED) is 0.146. The van der Waals surface area contributed by atoms with Crippen molar-refractivity contribution in [1.29, 1.82) is 0 Å². The lowest BCUT2D eigenvalue weighted by atomic mass is 9.89. The van der Waals surface area contributed by atoms with Crippen LogP contribution in [-0.2, 0) is 26.0 Å². The highest BCUT2D eigenvalue weighted by Crippen LogP contribution is 2.28. The molecule has 0 saturated carbocycles. The van der Waals surface area contributed by atoms with Gasteiger partial charge in [-0.2, -0.15) is 0 Å². The fourth-order valence-electron chi connectivity index (χ4n) is 4.16. The van der Waals surface area contributed by atoms with Crippen LogP contribution in [0.5, 0.6) is 0 Å². The van der Waals surface area contributed by atoms with Crippen molar-refractivity contribution in [2.45, 2.75) is 110 Å². The molecule has 0 fully saturated rings. The molecule has 2 rings (SSSR count). The lowest BCUT2D eigenvalue weighted by Gasteiger charge is -2.16. The molecular formula is C31H45ClN2O4S. The molecule has 8 heteroatoms. The van der Waals surface area contributed by atoms with Crippen molar-refractivity contribution in [3.63, 3.8) is 0 Å². The van der Waals surface area contributed by atoms with Crippen molar-refractivity contribution in [1.82, 2.24) is 0 Å². The fourth-order valence-corrected chi connectivity index (χ4v) is 5.37. The van der Waals surface area contributed by atoms with Crippen LogP contribution in [-0.4, -0.2) is 20.1 Å². The zero-order chi connectivity index (χ0) is 28.9. The second-order valence-electron chi connectivity index (χ2n) is 11.3. The summed E-state index contributed by atoms with van der Waals surface area (Å²) in [4.78, 5) is 24.6. The number of carbonyl (C=O) groups is 2. The van der Waals surface area contributed by atoms with Gasteiger partial charge in [-0.25, -0.2) is 8.42 Å². The van der Waals surface area contributed by atoms with Crippen LogP contribution >= 0.6 is 11.6 Å². The van der Waals surface area contributed by atoms with Gasteiger partial charge in [0.1, 0.15) is 5.78 Å². The van der Waals surface area contributed by atoms with Crippen molar-refractivity contribution in [3.05, 3.63) is 53.1 Å². The number of hydrogen-bond acceptors (Lipinski definition) is 4. The topological polar surface area (TPSA) is 92.3 Å². The van der Waals surface area contributed by atoms with Crippen LogP contribution in [0.4, 0.5) is 11.4 Å². The first-order chi connectivity index (χ1) is 18.4. The molecule has 2 N–H and O–H groups in total. The minimum atomic E-state index is -3.83. The van der Waals surface area contributed by atoms with Crippen molar-refractivity contribution in [2.24, 2.45) is 5.41 Å². The molecule has 0 bridgehead atoms. The van der Waals surface area contributed by atoms with Gasteiger partial charge in [-0.1, -0.05) is 109 Å². The van der Waals surface area contributed by atoms with Gasteiger partial charge in [0, 0.05) is 5.41 Å². The molecule has 0 aliphatic heterocycles. The summed E-state index contributed by atoms with van der Waals surface area (Å²) in [5.41, 5.74) is 0.970. The van der Waals surface area contributed by atoms with Gasteiger partial charge >= 0.3 is 0 Å². The van der Waals surface area contributed by atoms with E-state index in [2.05, 4.69) is 17.0 Å². The number of amides is 1. The smallest absolute Gasteiger partial charge is 0.261 e. The molecule has 0 aliphatic rings. The average Bonchev–Trinajstić information content (AvgIpc) is 2.86. The molecule has 2 aromatic rings. The Balaban J connectivity index is 1.86. The Kier molecular flexibility index (Phi) is 13.5. The molecule has 0 saturated heterocycles. The van der Waals surface area contributed by atoms with E-state index in [1.807, 2.05) is 12.1 Å². The first kappa shape index (κ1) is 32.8. The monoisotopic (exact) mass is 576 g/mol. The third kappa shape index (κ3) is 12.1. The molecule has 216 valence electrons. The number of sulfonamides is 1. The predicted octanol–water partition coefficient (Wildman–Crippen LogP) is 8.55. The lowest BCUT2D eigenvalue weighted by Crippen LogP contribution is -2.26. The SMILES string of the molecule is CCCCCCCCCCCCc1ccc(S(=O)(=O)Nc2ccc(Cl)c(NC(=O)CC(=O)C(C)(C)C)c2)cc1. The summed E-state index contributed by atoms with van der Waals surface area (Å²) < 4.78 is 28.5. The Morgan fingerprint density at radius 1 is 0.821 bits per heavy atom. The maximum atomic E-state index is 13.0. The minimum Gasteiger partial charge on any atom is -0.324 e. The minimum absolute atomic E-state index is 0.158. The highest BCUT2D eigenvalue weighted by atomic mass is 35.5. The number of rotatable bonds is 17. The van der Waals surface area contributed by atoms with Gasteiger partial charge in [-0.05, 0) is 48.7 Å². The fraction of sp³-hybridized carbons (Fsp3) is 0.548. The Morgan fingerprint density at radius 2 is 1.38 bits per heavy atom. The van der Waals surface area contributed by atoms with E-state index in [0.29, 0.717) is 0 Å². The molecule has 6 nitrogen and oxygen atoms in total. The third-order valence-electron chi connectivity index (χ3n) is 6.70. The number of Topliss-reactive ketones (excluding diaryl/α,β-unsaturated/α-hetero) is 1. The standard InChI is InChI=1S/C31H45ClN2O4S/c1-5-6-7-8-9-10-11-12-13-14-15-24-16-19-26(20-17-24)39(37,38)34-25-18-21-27(32)28(22-25)33-30(36)23-29(35)31(2,3)4/h16-22,34H,5-15,23H2,1-4H3,(H,33,36). The molecule has 0 unspecified atom stereocenters. The summed E-state index contributed by atoms with van der Waals surface area (Å²) in [6.45, 7) is 7.48. The highest BCUT2D eigenvalue weighted by molar-refractivity contribution is 7.92. The van der Waals surface area contributed by atoms with E-state index in [4.69, 9.17) is 11.6 Å². The van der Waals surface area contributed by atoms with Gasteiger partial charge in [0.25, 0.3) is 10.0 Å². The predicted molar refractivity (Wildman–Crippen MR) is 162 cm³/mol. The van der Waals surface area contributed by atoms with Crippen molar-refractivity contribution >= 4 is 44.7 Å².